The van der Waals surface area contributed by atoms with Gasteiger partial charge in [0.15, 0.2) is 0 Å². The predicted octanol–water partition coefficient (Wildman–Crippen LogP) is 2.22. The first-order valence-electron chi connectivity index (χ1n) is 6.99. The third kappa shape index (κ3) is 3.11. The summed E-state index contributed by atoms with van der Waals surface area (Å²) in [6.07, 6.45) is 0.949. The molecular weight excluding hydrogens is 290 g/mol. The molecule has 1 N–H and O–H groups in total. The minimum absolute atomic E-state index is 0.0560. The molecule has 0 spiro atoms. The van der Waals surface area contributed by atoms with Crippen molar-refractivity contribution in [2.45, 2.75) is 50.0 Å². The molecule has 1 aliphatic heterocycles. The van der Waals surface area contributed by atoms with Crippen molar-refractivity contribution in [2.75, 3.05) is 6.54 Å². The Morgan fingerprint density at radius 1 is 1.24 bits per heavy atom. The molecule has 2 rings (SSSR count). The molecule has 116 valence electrons. The molecule has 1 fully saturated rings. The summed E-state index contributed by atoms with van der Waals surface area (Å²) in [4.78, 5) is 11.3. The summed E-state index contributed by atoms with van der Waals surface area (Å²) < 4.78 is 26.2. The van der Waals surface area contributed by atoms with Crippen LogP contribution >= 0.6 is 0 Å². The third-order valence-electron chi connectivity index (χ3n) is 3.82. The third-order valence-corrected chi connectivity index (χ3v) is 5.74. The number of nitrogens with zero attached hydrogens (tertiary/aromatic N) is 1. The van der Waals surface area contributed by atoms with Crippen LogP contribution < -0.4 is 0 Å². The van der Waals surface area contributed by atoms with Crippen LogP contribution in [0.4, 0.5) is 0 Å². The standard InChI is InChI=1S/C15H21NO4S/c1-15(2,3)11-6-8-12(9-7-11)21(19,20)16-10-4-5-13(16)14(17)18/h6-9,13H,4-5,10H2,1-3H3,(H,17,18)/t13-/m1/s1. The van der Waals surface area contributed by atoms with Gasteiger partial charge in [0.1, 0.15) is 6.04 Å². The summed E-state index contributed by atoms with van der Waals surface area (Å²) in [5, 5.41) is 9.14. The number of carbonyl (C=O) groups is 1. The fourth-order valence-corrected chi connectivity index (χ4v) is 4.19. The molecule has 0 aliphatic carbocycles. The number of rotatable bonds is 3. The largest absolute Gasteiger partial charge is 0.480 e. The molecule has 1 aromatic carbocycles. The van der Waals surface area contributed by atoms with Gasteiger partial charge in [0.25, 0.3) is 0 Å². The highest BCUT2D eigenvalue weighted by Crippen LogP contribution is 2.28. The molecule has 1 atom stereocenters. The van der Waals surface area contributed by atoms with Gasteiger partial charge >= 0.3 is 5.97 Å². The SMILES string of the molecule is CC(C)(C)c1ccc(S(=O)(=O)N2CCC[C@@H]2C(=O)O)cc1. The average Bonchev–Trinajstić information content (AvgIpc) is 2.88. The number of carboxylic acids is 1. The first-order chi connectivity index (χ1) is 9.64. The van der Waals surface area contributed by atoms with E-state index in [0.717, 1.165) is 9.87 Å². The molecule has 1 heterocycles. The van der Waals surface area contributed by atoms with Crippen molar-refractivity contribution in [3.8, 4) is 0 Å². The first-order valence-corrected chi connectivity index (χ1v) is 8.43. The summed E-state index contributed by atoms with van der Waals surface area (Å²) in [5.74, 6) is -1.08. The molecule has 1 aromatic rings. The van der Waals surface area contributed by atoms with Gasteiger partial charge < -0.3 is 5.11 Å². The number of aliphatic carboxylic acids is 1. The fraction of sp³-hybridized carbons (Fsp3) is 0.533. The summed E-state index contributed by atoms with van der Waals surface area (Å²) in [6, 6.07) is 5.76. The molecule has 0 unspecified atom stereocenters. The lowest BCUT2D eigenvalue weighted by Gasteiger charge is -2.22. The van der Waals surface area contributed by atoms with E-state index in [0.29, 0.717) is 12.8 Å². The Balaban J connectivity index is 2.34. The predicted molar refractivity (Wildman–Crippen MR) is 79.7 cm³/mol. The second kappa shape index (κ2) is 5.42. The second-order valence-electron chi connectivity index (χ2n) is 6.39. The van der Waals surface area contributed by atoms with Crippen LogP contribution in [0.1, 0.15) is 39.2 Å². The molecule has 6 heteroatoms. The van der Waals surface area contributed by atoms with Crippen LogP contribution in [0.5, 0.6) is 0 Å². The van der Waals surface area contributed by atoms with Gasteiger partial charge in [-0.1, -0.05) is 32.9 Å². The van der Waals surface area contributed by atoms with Crippen molar-refractivity contribution >= 4 is 16.0 Å². The quantitative estimate of drug-likeness (QED) is 0.929. The van der Waals surface area contributed by atoms with Crippen molar-refractivity contribution in [3.63, 3.8) is 0 Å². The fourth-order valence-electron chi connectivity index (χ4n) is 2.54. The van der Waals surface area contributed by atoms with Gasteiger partial charge in [-0.05, 0) is 36.0 Å². The molecule has 0 aromatic heterocycles. The van der Waals surface area contributed by atoms with E-state index in [9.17, 15) is 13.2 Å². The Kier molecular flexibility index (Phi) is 4.13. The van der Waals surface area contributed by atoms with Gasteiger partial charge in [-0.25, -0.2) is 8.42 Å². The molecular formula is C15H21NO4S. The van der Waals surface area contributed by atoms with Crippen LogP contribution in [0.3, 0.4) is 0 Å². The van der Waals surface area contributed by atoms with Crippen LogP contribution in [0.2, 0.25) is 0 Å². The number of sulfonamides is 1. The molecule has 0 saturated carbocycles. The molecule has 5 nitrogen and oxygen atoms in total. The summed E-state index contributed by atoms with van der Waals surface area (Å²) >= 11 is 0. The lowest BCUT2D eigenvalue weighted by molar-refractivity contribution is -0.140. The number of carboxylic acid groups (broad SMARTS) is 1. The topological polar surface area (TPSA) is 74.7 Å². The smallest absolute Gasteiger partial charge is 0.322 e. The van der Waals surface area contributed by atoms with Gasteiger partial charge in [0, 0.05) is 6.54 Å². The summed E-state index contributed by atoms with van der Waals surface area (Å²) in [7, 11) is -3.74. The minimum Gasteiger partial charge on any atom is -0.480 e. The van der Waals surface area contributed by atoms with Gasteiger partial charge in [-0.15, -0.1) is 0 Å². The Bertz CT molecular complexity index is 629. The second-order valence-corrected chi connectivity index (χ2v) is 8.28. The lowest BCUT2D eigenvalue weighted by Crippen LogP contribution is -2.40. The first kappa shape index (κ1) is 16.0. The van der Waals surface area contributed by atoms with Gasteiger partial charge in [0.2, 0.25) is 10.0 Å². The van der Waals surface area contributed by atoms with Crippen LogP contribution in [-0.2, 0) is 20.2 Å². The maximum absolute atomic E-state index is 12.6. The van der Waals surface area contributed by atoms with Crippen molar-refractivity contribution in [2.24, 2.45) is 0 Å². The van der Waals surface area contributed by atoms with Crippen molar-refractivity contribution < 1.29 is 18.3 Å². The van der Waals surface area contributed by atoms with E-state index in [1.165, 1.54) is 0 Å². The normalized spacial score (nSPS) is 20.6. The maximum Gasteiger partial charge on any atom is 0.322 e. The van der Waals surface area contributed by atoms with Gasteiger partial charge in [-0.3, -0.25) is 4.79 Å². The number of hydrogen-bond donors (Lipinski definition) is 1. The van der Waals surface area contributed by atoms with Gasteiger partial charge in [0.05, 0.1) is 4.90 Å². The van der Waals surface area contributed by atoms with E-state index in [1.807, 2.05) is 0 Å². The number of benzene rings is 1. The zero-order chi connectivity index (χ0) is 15.8. The Morgan fingerprint density at radius 3 is 2.29 bits per heavy atom. The summed E-state index contributed by atoms with van der Waals surface area (Å²) in [5.41, 5.74) is 0.983. The highest BCUT2D eigenvalue weighted by Gasteiger charge is 2.39. The van der Waals surface area contributed by atoms with E-state index in [2.05, 4.69) is 20.8 Å². The van der Waals surface area contributed by atoms with Crippen LogP contribution in [0.25, 0.3) is 0 Å². The molecule has 0 radical (unpaired) electrons. The maximum atomic E-state index is 12.6. The van der Waals surface area contributed by atoms with Gasteiger partial charge in [-0.2, -0.15) is 4.31 Å². The molecule has 1 saturated heterocycles. The Labute approximate surface area is 125 Å². The highest BCUT2D eigenvalue weighted by molar-refractivity contribution is 7.89. The summed E-state index contributed by atoms with van der Waals surface area (Å²) in [6.45, 7) is 6.42. The minimum atomic E-state index is -3.74. The molecule has 0 bridgehead atoms. The zero-order valence-corrected chi connectivity index (χ0v) is 13.4. The van der Waals surface area contributed by atoms with E-state index < -0.39 is 22.0 Å². The number of hydrogen-bond acceptors (Lipinski definition) is 3. The van der Waals surface area contributed by atoms with E-state index >= 15 is 0 Å². The van der Waals surface area contributed by atoms with Crippen molar-refractivity contribution in [3.05, 3.63) is 29.8 Å². The average molecular weight is 311 g/mol. The van der Waals surface area contributed by atoms with Crippen LogP contribution in [0.15, 0.2) is 29.2 Å². The van der Waals surface area contributed by atoms with E-state index in [4.69, 9.17) is 5.11 Å². The Hall–Kier alpha value is -1.40. The zero-order valence-electron chi connectivity index (χ0n) is 12.5. The van der Waals surface area contributed by atoms with E-state index in [1.54, 1.807) is 24.3 Å². The highest BCUT2D eigenvalue weighted by atomic mass is 32.2. The molecule has 21 heavy (non-hydrogen) atoms. The molecule has 0 amide bonds. The van der Waals surface area contributed by atoms with Crippen molar-refractivity contribution in [1.29, 1.82) is 0 Å². The van der Waals surface area contributed by atoms with E-state index in [-0.39, 0.29) is 16.9 Å². The Morgan fingerprint density at radius 2 is 1.81 bits per heavy atom. The lowest BCUT2D eigenvalue weighted by atomic mass is 9.87. The van der Waals surface area contributed by atoms with Crippen LogP contribution in [-0.4, -0.2) is 36.4 Å². The monoisotopic (exact) mass is 311 g/mol. The molecule has 1 aliphatic rings. The van der Waals surface area contributed by atoms with Crippen LogP contribution in [0, 0.1) is 0 Å². The van der Waals surface area contributed by atoms with Crippen molar-refractivity contribution in [1.82, 2.24) is 4.31 Å².